The van der Waals surface area contributed by atoms with Crippen molar-refractivity contribution in [2.45, 2.75) is 6.42 Å². The lowest BCUT2D eigenvalue weighted by Crippen LogP contribution is -2.07. The molecule has 1 heterocycles. The summed E-state index contributed by atoms with van der Waals surface area (Å²) in [6, 6.07) is 7.63. The molecule has 0 amide bonds. The Bertz CT molecular complexity index is 620. The second-order valence-corrected chi connectivity index (χ2v) is 5.38. The van der Waals surface area contributed by atoms with Crippen molar-refractivity contribution < 1.29 is 9.90 Å². The lowest BCUT2D eigenvalue weighted by molar-refractivity contribution is -0.136. The van der Waals surface area contributed by atoms with Gasteiger partial charge in [0.25, 0.3) is 0 Å². The van der Waals surface area contributed by atoms with Crippen LogP contribution in [0.15, 0.2) is 40.7 Å². The van der Waals surface area contributed by atoms with Crippen LogP contribution in [-0.2, 0) is 11.2 Å². The van der Waals surface area contributed by atoms with Crippen LogP contribution in [0.3, 0.4) is 0 Å². The normalized spacial score (nSPS) is 10.9. The van der Waals surface area contributed by atoms with E-state index in [9.17, 15) is 4.79 Å². The number of anilines is 1. The van der Waals surface area contributed by atoms with Crippen LogP contribution >= 0.6 is 11.3 Å². The van der Waals surface area contributed by atoms with Gasteiger partial charge in [-0.15, -0.1) is 10.2 Å². The van der Waals surface area contributed by atoms with Crippen LogP contribution in [0.25, 0.3) is 0 Å². The van der Waals surface area contributed by atoms with Gasteiger partial charge in [-0.1, -0.05) is 11.3 Å². The summed E-state index contributed by atoms with van der Waals surface area (Å²) < 4.78 is 0. The summed E-state index contributed by atoms with van der Waals surface area (Å²) in [6.07, 6.45) is 1.48. The molecule has 0 atom stereocenters. The maximum Gasteiger partial charge on any atom is 0.308 e. The standard InChI is InChI=1S/C13H14N4O2S/c1-17(2)10-5-3-9(4-6-10)15-16-13-14-8-11(20-13)7-12(18)19/h3-6,8H,7H2,1-2H3,(H,18,19). The van der Waals surface area contributed by atoms with Gasteiger partial charge < -0.3 is 10.0 Å². The molecule has 0 aliphatic heterocycles. The van der Waals surface area contributed by atoms with E-state index in [0.29, 0.717) is 10.0 Å². The molecule has 0 radical (unpaired) electrons. The number of nitrogens with zero attached hydrogens (tertiary/aromatic N) is 4. The summed E-state index contributed by atoms with van der Waals surface area (Å²) in [5.41, 5.74) is 1.81. The fourth-order valence-electron chi connectivity index (χ4n) is 1.49. The molecule has 0 aliphatic carbocycles. The summed E-state index contributed by atoms with van der Waals surface area (Å²) in [5.74, 6) is -0.878. The van der Waals surface area contributed by atoms with Gasteiger partial charge >= 0.3 is 5.97 Å². The van der Waals surface area contributed by atoms with E-state index in [0.717, 1.165) is 11.4 Å². The van der Waals surface area contributed by atoms with Gasteiger partial charge in [-0.2, -0.15) is 0 Å². The van der Waals surface area contributed by atoms with Crippen LogP contribution in [-0.4, -0.2) is 30.2 Å². The topological polar surface area (TPSA) is 78.2 Å². The summed E-state index contributed by atoms with van der Waals surface area (Å²) in [7, 11) is 3.94. The molecule has 20 heavy (non-hydrogen) atoms. The molecule has 1 aromatic carbocycles. The average molecular weight is 290 g/mol. The minimum Gasteiger partial charge on any atom is -0.481 e. The van der Waals surface area contributed by atoms with Crippen molar-refractivity contribution in [2.24, 2.45) is 10.2 Å². The predicted molar refractivity (Wildman–Crippen MR) is 78.4 cm³/mol. The summed E-state index contributed by atoms with van der Waals surface area (Å²) in [4.78, 5) is 17.2. The number of benzene rings is 1. The zero-order valence-electron chi connectivity index (χ0n) is 11.1. The highest BCUT2D eigenvalue weighted by atomic mass is 32.1. The lowest BCUT2D eigenvalue weighted by atomic mass is 10.3. The maximum atomic E-state index is 10.6. The first-order valence-corrected chi connectivity index (χ1v) is 6.72. The molecule has 0 saturated carbocycles. The third-order valence-electron chi connectivity index (χ3n) is 2.48. The molecule has 7 heteroatoms. The number of rotatable bonds is 5. The van der Waals surface area contributed by atoms with Crippen molar-refractivity contribution in [3.63, 3.8) is 0 Å². The Morgan fingerprint density at radius 3 is 2.60 bits per heavy atom. The third-order valence-corrected chi connectivity index (χ3v) is 3.37. The van der Waals surface area contributed by atoms with E-state index >= 15 is 0 Å². The fourth-order valence-corrected chi connectivity index (χ4v) is 2.21. The number of aromatic nitrogens is 1. The Morgan fingerprint density at radius 2 is 2.00 bits per heavy atom. The van der Waals surface area contributed by atoms with Crippen molar-refractivity contribution in [2.75, 3.05) is 19.0 Å². The number of hydrogen-bond acceptors (Lipinski definition) is 6. The third kappa shape index (κ3) is 3.86. The first-order valence-electron chi connectivity index (χ1n) is 5.90. The summed E-state index contributed by atoms with van der Waals surface area (Å²) in [5, 5.41) is 17.2. The Labute approximate surface area is 120 Å². The van der Waals surface area contributed by atoms with Gasteiger partial charge in [-0.25, -0.2) is 4.98 Å². The van der Waals surface area contributed by atoms with Crippen molar-refractivity contribution >= 4 is 33.8 Å². The van der Waals surface area contributed by atoms with Gasteiger partial charge in [0.1, 0.15) is 0 Å². The largest absolute Gasteiger partial charge is 0.481 e. The molecule has 104 valence electrons. The number of hydrogen-bond donors (Lipinski definition) is 1. The van der Waals surface area contributed by atoms with E-state index in [1.165, 1.54) is 17.5 Å². The first kappa shape index (κ1) is 14.1. The summed E-state index contributed by atoms with van der Waals surface area (Å²) >= 11 is 1.23. The first-order chi connectivity index (χ1) is 9.54. The predicted octanol–water partition coefficient (Wildman–Crippen LogP) is 3.25. The van der Waals surface area contributed by atoms with Crippen molar-refractivity contribution in [3.8, 4) is 0 Å². The van der Waals surface area contributed by atoms with Crippen LogP contribution in [0.5, 0.6) is 0 Å². The molecule has 0 bridgehead atoms. The van der Waals surface area contributed by atoms with E-state index in [1.54, 1.807) is 0 Å². The van der Waals surface area contributed by atoms with Gasteiger partial charge in [-0.05, 0) is 24.3 Å². The maximum absolute atomic E-state index is 10.6. The number of azo groups is 1. The van der Waals surface area contributed by atoms with Crippen LogP contribution in [0.1, 0.15) is 4.88 Å². The van der Waals surface area contributed by atoms with Gasteiger partial charge in [0.15, 0.2) is 0 Å². The highest BCUT2D eigenvalue weighted by molar-refractivity contribution is 7.15. The molecule has 0 unspecified atom stereocenters. The van der Waals surface area contributed by atoms with Gasteiger partial charge in [0.2, 0.25) is 5.13 Å². The molecule has 0 fully saturated rings. The Kier molecular flexibility index (Phi) is 4.41. The van der Waals surface area contributed by atoms with Gasteiger partial charge in [-0.3, -0.25) is 4.79 Å². The van der Waals surface area contributed by atoms with Crippen molar-refractivity contribution in [3.05, 3.63) is 35.3 Å². The fraction of sp³-hybridized carbons (Fsp3) is 0.231. The molecule has 1 aromatic heterocycles. The van der Waals surface area contributed by atoms with E-state index in [-0.39, 0.29) is 6.42 Å². The molecular formula is C13H14N4O2S. The molecule has 0 aliphatic rings. The molecule has 6 nitrogen and oxygen atoms in total. The monoisotopic (exact) mass is 290 g/mol. The van der Waals surface area contributed by atoms with Crippen LogP contribution in [0.2, 0.25) is 0 Å². The number of carboxylic acids is 1. The second-order valence-electron chi connectivity index (χ2n) is 4.29. The molecule has 1 N–H and O–H groups in total. The summed E-state index contributed by atoms with van der Waals surface area (Å²) in [6.45, 7) is 0. The molecule has 2 rings (SSSR count). The number of aliphatic carboxylic acids is 1. The minimum atomic E-state index is -0.878. The zero-order valence-corrected chi connectivity index (χ0v) is 12.0. The molecular weight excluding hydrogens is 276 g/mol. The highest BCUT2D eigenvalue weighted by Gasteiger charge is 2.05. The van der Waals surface area contributed by atoms with Crippen molar-refractivity contribution in [1.82, 2.24) is 4.98 Å². The molecule has 2 aromatic rings. The molecule has 0 saturated heterocycles. The number of thiazole rings is 1. The smallest absolute Gasteiger partial charge is 0.308 e. The van der Waals surface area contributed by atoms with Gasteiger partial charge in [0.05, 0.1) is 12.1 Å². The van der Waals surface area contributed by atoms with Gasteiger partial charge in [0, 0.05) is 30.9 Å². The lowest BCUT2D eigenvalue weighted by Gasteiger charge is -2.11. The second kappa shape index (κ2) is 6.25. The van der Waals surface area contributed by atoms with Crippen LogP contribution < -0.4 is 4.90 Å². The SMILES string of the molecule is CN(C)c1ccc(N=Nc2ncc(CC(=O)O)s2)cc1. The van der Waals surface area contributed by atoms with E-state index in [1.807, 2.05) is 43.3 Å². The highest BCUT2D eigenvalue weighted by Crippen LogP contribution is 2.25. The Hall–Kier alpha value is -2.28. The molecule has 0 spiro atoms. The zero-order chi connectivity index (χ0) is 14.5. The van der Waals surface area contributed by atoms with Crippen molar-refractivity contribution in [1.29, 1.82) is 0 Å². The quantitative estimate of drug-likeness (QED) is 0.857. The number of carbonyl (C=O) groups is 1. The van der Waals surface area contributed by atoms with Crippen LogP contribution in [0.4, 0.5) is 16.5 Å². The minimum absolute atomic E-state index is 0.0370. The Balaban J connectivity index is 2.05. The van der Waals surface area contributed by atoms with E-state index in [2.05, 4.69) is 15.2 Å². The van der Waals surface area contributed by atoms with E-state index in [4.69, 9.17) is 5.11 Å². The average Bonchev–Trinajstić information content (AvgIpc) is 2.83. The number of carboxylic acid groups (broad SMARTS) is 1. The van der Waals surface area contributed by atoms with E-state index < -0.39 is 5.97 Å². The Morgan fingerprint density at radius 1 is 1.30 bits per heavy atom. The van der Waals surface area contributed by atoms with Crippen LogP contribution in [0, 0.1) is 0 Å².